The van der Waals surface area contributed by atoms with Crippen molar-refractivity contribution in [2.75, 3.05) is 0 Å². The maximum atomic E-state index is 8.11. The summed E-state index contributed by atoms with van der Waals surface area (Å²) in [4.78, 5) is 8.11. The molecule has 0 saturated carbocycles. The summed E-state index contributed by atoms with van der Waals surface area (Å²) in [5, 5.41) is 14.1. The molecule has 0 amide bonds. The Labute approximate surface area is 75.1 Å². The van der Waals surface area contributed by atoms with Gasteiger partial charge in [-0.3, -0.25) is 0 Å². The monoisotopic (exact) mass is 153 g/mol. The molecule has 0 saturated heterocycles. The molecule has 0 rings (SSSR count). The minimum Gasteiger partial charge on any atom is -1.00 e. The van der Waals surface area contributed by atoms with Gasteiger partial charge in [0.05, 0.1) is 0 Å². The SMILES string of the molecule is O=NO.[C-]#N.[Fe].[H-].[Na+]. The van der Waals surface area contributed by atoms with Gasteiger partial charge in [-0.1, -0.05) is 0 Å². The van der Waals surface area contributed by atoms with E-state index in [0.29, 0.717) is 0 Å². The van der Waals surface area contributed by atoms with Crippen molar-refractivity contribution in [2.45, 2.75) is 0 Å². The fraction of sp³-hybridized carbons (Fsp3) is 0. The van der Waals surface area contributed by atoms with E-state index >= 15 is 0 Å². The smallest absolute Gasteiger partial charge is 1.00 e. The van der Waals surface area contributed by atoms with Gasteiger partial charge in [0.25, 0.3) is 0 Å². The predicted octanol–water partition coefficient (Wildman–Crippen LogP) is -2.65. The van der Waals surface area contributed by atoms with Crippen LogP contribution < -0.4 is 29.6 Å². The van der Waals surface area contributed by atoms with Crippen molar-refractivity contribution < 1.29 is 53.3 Å². The van der Waals surface area contributed by atoms with E-state index in [4.69, 9.17) is 21.9 Å². The maximum absolute atomic E-state index is 8.11. The largest absolute Gasteiger partial charge is 1.00 e. The van der Waals surface area contributed by atoms with E-state index in [2.05, 4.69) is 0 Å². The molecule has 0 aromatic heterocycles. The fourth-order valence-corrected chi connectivity index (χ4v) is 0. The Bertz CT molecular complexity index is 44.3. The molecule has 0 aromatic rings. The Kier molecular flexibility index (Phi) is 353. The van der Waals surface area contributed by atoms with Crippen molar-refractivity contribution in [1.82, 2.24) is 0 Å². The van der Waals surface area contributed by atoms with E-state index in [-0.39, 0.29) is 48.1 Å². The molecule has 4 nitrogen and oxygen atoms in total. The van der Waals surface area contributed by atoms with E-state index in [1.54, 1.807) is 0 Å². The van der Waals surface area contributed by atoms with Gasteiger partial charge in [0.2, 0.25) is 0 Å². The second-order valence-corrected chi connectivity index (χ2v) is 0.0816. The third kappa shape index (κ3) is 743. The van der Waals surface area contributed by atoms with Crippen LogP contribution in [0.2, 0.25) is 0 Å². The average Bonchev–Trinajstić information content (AvgIpc) is 1.46. The van der Waals surface area contributed by atoms with E-state index in [0.717, 1.165) is 0 Å². The third-order valence-electron chi connectivity index (χ3n) is 0. The zero-order valence-electron chi connectivity index (χ0n) is 4.60. The van der Waals surface area contributed by atoms with Gasteiger partial charge >= 0.3 is 29.6 Å². The molecule has 7 heavy (non-hydrogen) atoms. The summed E-state index contributed by atoms with van der Waals surface area (Å²) in [6, 6.07) is 0. The quantitative estimate of drug-likeness (QED) is 0.179. The van der Waals surface area contributed by atoms with Crippen molar-refractivity contribution in [1.29, 1.82) is 5.26 Å². The maximum Gasteiger partial charge on any atom is 1.00 e. The molecule has 0 aliphatic carbocycles. The molecule has 0 spiro atoms. The Balaban J connectivity index is -0.00000000567. The van der Waals surface area contributed by atoms with Crippen LogP contribution in [0.3, 0.4) is 0 Å². The normalized spacial score (nSPS) is 2.00. The van der Waals surface area contributed by atoms with Crippen molar-refractivity contribution in [3.63, 3.8) is 0 Å². The van der Waals surface area contributed by atoms with Crippen molar-refractivity contribution in [3.8, 4) is 0 Å². The summed E-state index contributed by atoms with van der Waals surface area (Å²) in [7, 11) is 0. The zero-order chi connectivity index (χ0) is 4.71. The molecule has 0 aliphatic rings. The molecule has 1 N–H and O–H groups in total. The topological polar surface area (TPSA) is 73.4 Å². The fourth-order valence-electron chi connectivity index (χ4n) is 0. The van der Waals surface area contributed by atoms with Crippen LogP contribution in [-0.2, 0) is 17.1 Å². The first-order valence-corrected chi connectivity index (χ1v) is 0.606. The van der Waals surface area contributed by atoms with E-state index in [1.165, 1.54) is 5.34 Å². The molecule has 0 unspecified atom stereocenters. The van der Waals surface area contributed by atoms with Gasteiger partial charge in [-0.05, 0) is 0 Å². The van der Waals surface area contributed by atoms with Gasteiger partial charge in [0.1, 0.15) is 0 Å². The standard InChI is InChI=1S/CN.Fe.HNO2.Na.H/c1-2;;2-1-3;;/h;;(H,2,3);;/q-1;;;+1;-1. The van der Waals surface area contributed by atoms with Crippen LogP contribution in [-0.4, -0.2) is 5.21 Å². The molecule has 0 bridgehead atoms. The van der Waals surface area contributed by atoms with Gasteiger partial charge in [-0.2, -0.15) is 0 Å². The van der Waals surface area contributed by atoms with Crippen LogP contribution in [0.4, 0.5) is 0 Å². The van der Waals surface area contributed by atoms with E-state index in [9.17, 15) is 0 Å². The summed E-state index contributed by atoms with van der Waals surface area (Å²) in [6.45, 7) is 4.75. The van der Waals surface area contributed by atoms with Crippen LogP contribution in [0.15, 0.2) is 5.34 Å². The van der Waals surface area contributed by atoms with Crippen LogP contribution in [0.1, 0.15) is 1.43 Å². The molecule has 0 atom stereocenters. The number of rotatable bonds is 0. The molecule has 0 heterocycles. The minimum atomic E-state index is 0. The van der Waals surface area contributed by atoms with E-state index in [1.807, 2.05) is 0 Å². The first-order chi connectivity index (χ1) is 2.41. The van der Waals surface area contributed by atoms with Crippen molar-refractivity contribution >= 4 is 0 Å². The van der Waals surface area contributed by atoms with Crippen LogP contribution in [0.5, 0.6) is 0 Å². The summed E-state index contributed by atoms with van der Waals surface area (Å²) >= 11 is 0. The average molecular weight is 153 g/mol. The molecular formula is CH2FeN2NaO2-. The zero-order valence-corrected chi connectivity index (χ0v) is 6.71. The van der Waals surface area contributed by atoms with E-state index < -0.39 is 0 Å². The Hall–Kier alpha value is 0.409. The Morgan fingerprint density at radius 1 is 1.71 bits per heavy atom. The van der Waals surface area contributed by atoms with Gasteiger partial charge < -0.3 is 18.5 Å². The van der Waals surface area contributed by atoms with Gasteiger partial charge in [0.15, 0.2) is 5.34 Å². The van der Waals surface area contributed by atoms with Gasteiger partial charge in [0, 0.05) is 17.1 Å². The van der Waals surface area contributed by atoms with Crippen LogP contribution in [0, 0.1) is 16.7 Å². The number of nitrogens with zero attached hydrogens (tertiary/aromatic N) is 2. The van der Waals surface area contributed by atoms with Crippen molar-refractivity contribution in [3.05, 3.63) is 11.5 Å². The first kappa shape index (κ1) is 26.2. The first-order valence-electron chi connectivity index (χ1n) is 0.606. The van der Waals surface area contributed by atoms with Crippen LogP contribution >= 0.6 is 0 Å². The molecule has 38 valence electrons. The number of hydrogen-bond acceptors (Lipinski definition) is 3. The minimum absolute atomic E-state index is 0. The second kappa shape index (κ2) is 94.4. The molecule has 6 heteroatoms. The number of hydrogen-bond donors (Lipinski definition) is 1. The van der Waals surface area contributed by atoms with Gasteiger partial charge in [-0.15, -0.1) is 4.91 Å². The third-order valence-corrected chi connectivity index (χ3v) is 0. The summed E-state index contributed by atoms with van der Waals surface area (Å²) in [6.07, 6.45) is 0. The van der Waals surface area contributed by atoms with Gasteiger partial charge in [-0.25, -0.2) is 0 Å². The molecule has 0 fully saturated rings. The molecule has 0 aliphatic heterocycles. The Morgan fingerprint density at radius 2 is 1.71 bits per heavy atom. The molecule has 0 radical (unpaired) electrons. The molecular weight excluding hydrogens is 151 g/mol. The van der Waals surface area contributed by atoms with Crippen LogP contribution in [0.25, 0.3) is 0 Å². The molecule has 0 aromatic carbocycles. The summed E-state index contributed by atoms with van der Waals surface area (Å²) in [5.74, 6) is 0. The Morgan fingerprint density at radius 3 is 1.71 bits per heavy atom. The summed E-state index contributed by atoms with van der Waals surface area (Å²) < 4.78 is 0. The van der Waals surface area contributed by atoms with Crippen molar-refractivity contribution in [2.24, 2.45) is 5.34 Å². The predicted molar refractivity (Wildman–Crippen MR) is 13.7 cm³/mol. The second-order valence-electron chi connectivity index (χ2n) is 0.0816. The summed E-state index contributed by atoms with van der Waals surface area (Å²) in [5.41, 5.74) is 0.